The minimum Gasteiger partial charge on any atom is -0.485 e. The summed E-state index contributed by atoms with van der Waals surface area (Å²) in [5.41, 5.74) is 1.01. The number of hydrogen-bond donors (Lipinski definition) is 1. The molecule has 6 heteroatoms. The first-order chi connectivity index (χ1) is 9.54. The van der Waals surface area contributed by atoms with E-state index in [9.17, 15) is 10.1 Å². The second-order valence-electron chi connectivity index (χ2n) is 4.89. The molecule has 112 valence electrons. The van der Waals surface area contributed by atoms with Gasteiger partial charge in [0.15, 0.2) is 5.75 Å². The third-order valence-electron chi connectivity index (χ3n) is 2.77. The fourth-order valence-electron chi connectivity index (χ4n) is 1.68. The van der Waals surface area contributed by atoms with Gasteiger partial charge in [-0.2, -0.15) is 0 Å². The number of hydrogen-bond acceptors (Lipinski definition) is 5. The zero-order valence-corrected chi connectivity index (χ0v) is 12.4. The summed E-state index contributed by atoms with van der Waals surface area (Å²) in [4.78, 5) is 12.6. The lowest BCUT2D eigenvalue weighted by Crippen LogP contribution is -2.20. The fraction of sp³-hybridized carbons (Fsp3) is 0.571. The molecule has 0 aliphatic heterocycles. The lowest BCUT2D eigenvalue weighted by atomic mass is 10.2. The second-order valence-corrected chi connectivity index (χ2v) is 4.89. The number of rotatable bonds is 9. The molecule has 0 amide bonds. The number of benzene rings is 1. The third-order valence-corrected chi connectivity index (χ3v) is 2.77. The van der Waals surface area contributed by atoms with Crippen LogP contribution in [0.15, 0.2) is 18.2 Å². The van der Waals surface area contributed by atoms with Crippen LogP contribution in [0.25, 0.3) is 0 Å². The summed E-state index contributed by atoms with van der Waals surface area (Å²) in [7, 11) is 3.87. The van der Waals surface area contributed by atoms with Crippen molar-refractivity contribution in [3.8, 4) is 5.75 Å². The molecule has 0 atom stereocenters. The SMILES string of the molecule is CCCNCc1ccc([N+](=O)[O-])c(OCCN(C)C)c1. The van der Waals surface area contributed by atoms with Crippen LogP contribution in [0.3, 0.4) is 0 Å². The van der Waals surface area contributed by atoms with E-state index < -0.39 is 4.92 Å². The van der Waals surface area contributed by atoms with Gasteiger partial charge in [0, 0.05) is 19.2 Å². The molecule has 0 spiro atoms. The van der Waals surface area contributed by atoms with E-state index in [-0.39, 0.29) is 5.69 Å². The van der Waals surface area contributed by atoms with Crippen molar-refractivity contribution in [1.82, 2.24) is 10.2 Å². The monoisotopic (exact) mass is 281 g/mol. The summed E-state index contributed by atoms with van der Waals surface area (Å²) < 4.78 is 5.55. The summed E-state index contributed by atoms with van der Waals surface area (Å²) >= 11 is 0. The molecule has 0 fully saturated rings. The van der Waals surface area contributed by atoms with Crippen LogP contribution in [0.2, 0.25) is 0 Å². The zero-order valence-electron chi connectivity index (χ0n) is 12.4. The molecule has 6 nitrogen and oxygen atoms in total. The van der Waals surface area contributed by atoms with Gasteiger partial charge in [-0.15, -0.1) is 0 Å². The number of nitro groups is 1. The van der Waals surface area contributed by atoms with Crippen molar-refractivity contribution < 1.29 is 9.66 Å². The average Bonchev–Trinajstić information content (AvgIpc) is 2.38. The Labute approximate surface area is 119 Å². The number of ether oxygens (including phenoxy) is 1. The van der Waals surface area contributed by atoms with E-state index in [1.54, 1.807) is 12.1 Å². The van der Waals surface area contributed by atoms with Crippen LogP contribution < -0.4 is 10.1 Å². The van der Waals surface area contributed by atoms with Crippen molar-refractivity contribution in [2.75, 3.05) is 33.8 Å². The molecule has 1 aromatic carbocycles. The fourth-order valence-corrected chi connectivity index (χ4v) is 1.68. The molecule has 0 saturated carbocycles. The smallest absolute Gasteiger partial charge is 0.310 e. The van der Waals surface area contributed by atoms with Gasteiger partial charge in [0.05, 0.1) is 4.92 Å². The van der Waals surface area contributed by atoms with Crippen molar-refractivity contribution in [3.63, 3.8) is 0 Å². The quantitative estimate of drug-likeness (QED) is 0.426. The van der Waals surface area contributed by atoms with Gasteiger partial charge in [-0.25, -0.2) is 0 Å². The van der Waals surface area contributed by atoms with Crippen molar-refractivity contribution in [2.24, 2.45) is 0 Å². The molecule has 1 aromatic rings. The Hall–Kier alpha value is -1.66. The highest BCUT2D eigenvalue weighted by Gasteiger charge is 2.15. The van der Waals surface area contributed by atoms with Crippen molar-refractivity contribution >= 4 is 5.69 Å². The van der Waals surface area contributed by atoms with E-state index >= 15 is 0 Å². The van der Waals surface area contributed by atoms with E-state index in [1.807, 2.05) is 19.0 Å². The van der Waals surface area contributed by atoms with E-state index in [2.05, 4.69) is 12.2 Å². The number of nitrogens with one attached hydrogen (secondary N) is 1. The molecular formula is C14H23N3O3. The van der Waals surface area contributed by atoms with Gasteiger partial charge in [0.2, 0.25) is 0 Å². The van der Waals surface area contributed by atoms with Crippen LogP contribution in [0, 0.1) is 10.1 Å². The van der Waals surface area contributed by atoms with Crippen LogP contribution in [0.5, 0.6) is 5.75 Å². The Bertz CT molecular complexity index is 436. The molecule has 0 saturated heterocycles. The predicted molar refractivity (Wildman–Crippen MR) is 79.1 cm³/mol. The molecule has 0 unspecified atom stereocenters. The number of nitro benzene ring substituents is 1. The van der Waals surface area contributed by atoms with Crippen molar-refractivity contribution in [1.29, 1.82) is 0 Å². The Morgan fingerprint density at radius 3 is 2.75 bits per heavy atom. The molecular weight excluding hydrogens is 258 g/mol. The largest absolute Gasteiger partial charge is 0.485 e. The highest BCUT2D eigenvalue weighted by Crippen LogP contribution is 2.27. The first-order valence-corrected chi connectivity index (χ1v) is 6.80. The van der Waals surface area contributed by atoms with Gasteiger partial charge in [-0.3, -0.25) is 10.1 Å². The summed E-state index contributed by atoms with van der Waals surface area (Å²) in [6, 6.07) is 5.02. The Kier molecular flexibility index (Phi) is 6.97. The molecule has 1 rings (SSSR count). The average molecular weight is 281 g/mol. The number of nitrogens with zero attached hydrogens (tertiary/aromatic N) is 2. The zero-order chi connectivity index (χ0) is 15.0. The maximum Gasteiger partial charge on any atom is 0.310 e. The molecule has 1 N–H and O–H groups in total. The highest BCUT2D eigenvalue weighted by atomic mass is 16.6. The first kappa shape index (κ1) is 16.4. The molecule has 0 aliphatic carbocycles. The molecule has 20 heavy (non-hydrogen) atoms. The van der Waals surface area contributed by atoms with Gasteiger partial charge in [-0.1, -0.05) is 13.0 Å². The van der Waals surface area contributed by atoms with Crippen LogP contribution in [0.1, 0.15) is 18.9 Å². The number of likely N-dealkylation sites (N-methyl/N-ethyl adjacent to an activating group) is 1. The van der Waals surface area contributed by atoms with E-state index in [1.165, 1.54) is 6.07 Å². The van der Waals surface area contributed by atoms with Gasteiger partial charge >= 0.3 is 5.69 Å². The molecule has 0 aliphatic rings. The van der Waals surface area contributed by atoms with Crippen LogP contribution in [-0.2, 0) is 6.54 Å². The highest BCUT2D eigenvalue weighted by molar-refractivity contribution is 5.48. The second kappa shape index (κ2) is 8.50. The Morgan fingerprint density at radius 2 is 2.15 bits per heavy atom. The van der Waals surface area contributed by atoms with Gasteiger partial charge in [0.1, 0.15) is 6.61 Å². The standard InChI is InChI=1S/C14H23N3O3/c1-4-7-15-11-12-5-6-13(17(18)19)14(10-12)20-9-8-16(2)3/h5-6,10,15H,4,7-9,11H2,1-3H3. The first-order valence-electron chi connectivity index (χ1n) is 6.80. The van der Waals surface area contributed by atoms with Crippen LogP contribution >= 0.6 is 0 Å². The van der Waals surface area contributed by atoms with E-state index in [4.69, 9.17) is 4.74 Å². The topological polar surface area (TPSA) is 67.6 Å². The molecule has 0 aromatic heterocycles. The lowest BCUT2D eigenvalue weighted by Gasteiger charge is -2.12. The molecule has 0 heterocycles. The van der Waals surface area contributed by atoms with Gasteiger partial charge < -0.3 is 15.0 Å². The lowest BCUT2D eigenvalue weighted by molar-refractivity contribution is -0.385. The Morgan fingerprint density at radius 1 is 1.40 bits per heavy atom. The van der Waals surface area contributed by atoms with Crippen LogP contribution in [-0.4, -0.2) is 43.6 Å². The Balaban J connectivity index is 2.74. The molecule has 0 radical (unpaired) electrons. The maximum atomic E-state index is 11.0. The third kappa shape index (κ3) is 5.54. The van der Waals surface area contributed by atoms with E-state index in [0.29, 0.717) is 18.9 Å². The summed E-state index contributed by atoms with van der Waals surface area (Å²) in [6.07, 6.45) is 1.05. The van der Waals surface area contributed by atoms with Gasteiger partial charge in [-0.05, 0) is 38.7 Å². The van der Waals surface area contributed by atoms with Crippen molar-refractivity contribution in [2.45, 2.75) is 19.9 Å². The van der Waals surface area contributed by atoms with Gasteiger partial charge in [0.25, 0.3) is 0 Å². The summed E-state index contributed by atoms with van der Waals surface area (Å²) in [6.45, 7) is 4.86. The molecule has 0 bridgehead atoms. The predicted octanol–water partition coefficient (Wildman–Crippen LogP) is 2.03. The van der Waals surface area contributed by atoms with E-state index in [0.717, 1.165) is 25.1 Å². The normalized spacial score (nSPS) is 10.8. The maximum absolute atomic E-state index is 11.0. The van der Waals surface area contributed by atoms with Crippen molar-refractivity contribution in [3.05, 3.63) is 33.9 Å². The minimum absolute atomic E-state index is 0.0167. The summed E-state index contributed by atoms with van der Waals surface area (Å²) in [5.74, 6) is 0.340. The van der Waals surface area contributed by atoms with Crippen LogP contribution in [0.4, 0.5) is 5.69 Å². The minimum atomic E-state index is -0.408. The summed E-state index contributed by atoms with van der Waals surface area (Å²) in [5, 5.41) is 14.3.